The highest BCUT2D eigenvalue weighted by Gasteiger charge is 2.32. The normalized spacial score (nSPS) is 13.2. The average molecular weight is 444 g/mol. The van der Waals surface area contributed by atoms with Gasteiger partial charge in [-0.3, -0.25) is 0 Å². The molecule has 3 rings (SSSR count). The van der Waals surface area contributed by atoms with Crippen molar-refractivity contribution in [2.75, 3.05) is 14.2 Å². The van der Waals surface area contributed by atoms with E-state index in [1.165, 1.54) is 12.1 Å². The predicted molar refractivity (Wildman–Crippen MR) is 122 cm³/mol. The monoisotopic (exact) mass is 444 g/mol. The van der Waals surface area contributed by atoms with Gasteiger partial charge in [0.1, 0.15) is 24.0 Å². The van der Waals surface area contributed by atoms with Crippen LogP contribution in [0.2, 0.25) is 0 Å². The molecule has 0 spiro atoms. The third-order valence-corrected chi connectivity index (χ3v) is 7.20. The van der Waals surface area contributed by atoms with Crippen molar-refractivity contribution < 1.29 is 23.0 Å². The van der Waals surface area contributed by atoms with Gasteiger partial charge in [-0.25, -0.2) is 8.78 Å². The van der Waals surface area contributed by atoms with E-state index in [0.717, 1.165) is 17.2 Å². The molecule has 2 atom stereocenters. The van der Waals surface area contributed by atoms with Gasteiger partial charge in [-0.1, -0.05) is 52.8 Å². The number of ether oxygens (including phenoxy) is 3. The summed E-state index contributed by atoms with van der Waals surface area (Å²) in [5, 5.41) is -0.00600. The third-order valence-electron chi connectivity index (χ3n) is 5.35. The van der Waals surface area contributed by atoms with Crippen molar-refractivity contribution in [2.24, 2.45) is 0 Å². The summed E-state index contributed by atoms with van der Waals surface area (Å²) in [4.78, 5) is 0. The van der Waals surface area contributed by atoms with Crippen LogP contribution >= 0.6 is 8.58 Å². The molecule has 0 aromatic heterocycles. The fourth-order valence-corrected chi connectivity index (χ4v) is 4.82. The molecule has 31 heavy (non-hydrogen) atoms. The molecule has 3 nitrogen and oxygen atoms in total. The topological polar surface area (TPSA) is 27.7 Å². The number of rotatable bonds is 9. The summed E-state index contributed by atoms with van der Waals surface area (Å²) in [5.41, 5.74) is 1.89. The van der Waals surface area contributed by atoms with Gasteiger partial charge < -0.3 is 14.2 Å². The van der Waals surface area contributed by atoms with E-state index in [-0.39, 0.29) is 8.58 Å². The maximum Gasteiger partial charge on any atom is 0.166 e. The van der Waals surface area contributed by atoms with Crippen molar-refractivity contribution in [3.8, 4) is 17.2 Å². The van der Waals surface area contributed by atoms with Crippen LogP contribution in [0.3, 0.4) is 0 Å². The van der Waals surface area contributed by atoms with Gasteiger partial charge in [0.05, 0.1) is 14.2 Å². The molecule has 0 fully saturated rings. The average Bonchev–Trinajstić information content (AvgIpc) is 2.79. The molecule has 6 heteroatoms. The maximum atomic E-state index is 14.5. The van der Waals surface area contributed by atoms with Crippen LogP contribution in [0.25, 0.3) is 0 Å². The Labute approximate surface area is 184 Å². The molecular weight excluding hydrogens is 417 g/mol. The Hall–Kier alpha value is -2.65. The molecule has 0 aliphatic rings. The lowest BCUT2D eigenvalue weighted by Gasteiger charge is -2.32. The van der Waals surface area contributed by atoms with E-state index in [2.05, 4.69) is 6.92 Å². The zero-order valence-electron chi connectivity index (χ0n) is 18.2. The zero-order valence-corrected chi connectivity index (χ0v) is 19.2. The molecule has 3 aromatic carbocycles. The van der Waals surface area contributed by atoms with Crippen molar-refractivity contribution in [2.45, 2.75) is 32.0 Å². The Morgan fingerprint density at radius 2 is 1.68 bits per heavy atom. The van der Waals surface area contributed by atoms with E-state index in [4.69, 9.17) is 14.2 Å². The van der Waals surface area contributed by atoms with Crippen molar-refractivity contribution in [3.05, 3.63) is 83.4 Å². The van der Waals surface area contributed by atoms with E-state index in [0.29, 0.717) is 35.6 Å². The molecule has 0 heterocycles. The summed E-state index contributed by atoms with van der Waals surface area (Å²) in [7, 11) is 3.23. The molecule has 2 unspecified atom stereocenters. The third kappa shape index (κ3) is 5.34. The van der Waals surface area contributed by atoms with Gasteiger partial charge in [0, 0.05) is 28.2 Å². The number of hydrogen-bond acceptors (Lipinski definition) is 3. The highest BCUT2D eigenvalue weighted by atomic mass is 31.1. The molecule has 0 radical (unpaired) electrons. The lowest BCUT2D eigenvalue weighted by Crippen LogP contribution is -2.21. The van der Waals surface area contributed by atoms with E-state index in [1.54, 1.807) is 20.3 Å². The van der Waals surface area contributed by atoms with Crippen molar-refractivity contribution in [1.82, 2.24) is 0 Å². The standard InChI is InChI=1S/C25H27F2O3P/c1-5-25(2,31-23-12-11-18(26)13-21(23)27)20-14-19(28-3)15-22(29-4)24(20)30-16-17-9-7-6-8-10-17/h6-15,31H,5,16H2,1-4H3. The lowest BCUT2D eigenvalue weighted by molar-refractivity contribution is 0.277. The SMILES string of the molecule is CCC(C)(Pc1ccc(F)cc1F)c1cc(OC)cc(OC)c1OCc1ccccc1. The van der Waals surface area contributed by atoms with Gasteiger partial charge in [0.15, 0.2) is 11.5 Å². The molecule has 164 valence electrons. The molecule has 0 bridgehead atoms. The maximum absolute atomic E-state index is 14.5. The quantitative estimate of drug-likeness (QED) is 0.368. The first-order valence-electron chi connectivity index (χ1n) is 10.1. The number of hydrogen-bond donors (Lipinski definition) is 0. The molecular formula is C25H27F2O3P. The number of benzene rings is 3. The van der Waals surface area contributed by atoms with Crippen LogP contribution < -0.4 is 19.5 Å². The van der Waals surface area contributed by atoms with Crippen LogP contribution in [-0.4, -0.2) is 14.2 Å². The Kier molecular flexibility index (Phi) is 7.50. The first kappa shape index (κ1) is 23.0. The molecule has 0 saturated heterocycles. The van der Waals surface area contributed by atoms with Crippen molar-refractivity contribution in [3.63, 3.8) is 0 Å². The molecule has 0 aliphatic carbocycles. The van der Waals surface area contributed by atoms with Crippen molar-refractivity contribution in [1.29, 1.82) is 0 Å². The second kappa shape index (κ2) is 10.1. The number of halogens is 2. The zero-order chi connectivity index (χ0) is 22.4. The fraction of sp³-hybridized carbons (Fsp3) is 0.280. The van der Waals surface area contributed by atoms with Crippen molar-refractivity contribution >= 4 is 13.9 Å². The second-order valence-corrected chi connectivity index (χ2v) is 9.31. The summed E-state index contributed by atoms with van der Waals surface area (Å²) < 4.78 is 45.3. The van der Waals surface area contributed by atoms with E-state index < -0.39 is 16.8 Å². The highest BCUT2D eigenvalue weighted by Crippen LogP contribution is 2.51. The Morgan fingerprint density at radius 1 is 0.935 bits per heavy atom. The van der Waals surface area contributed by atoms with E-state index in [1.807, 2.05) is 43.3 Å². The van der Waals surface area contributed by atoms with Gasteiger partial charge >= 0.3 is 0 Å². The van der Waals surface area contributed by atoms with Gasteiger partial charge in [0.25, 0.3) is 0 Å². The van der Waals surface area contributed by atoms with Crippen LogP contribution in [0.1, 0.15) is 31.4 Å². The minimum absolute atomic E-state index is 0.0513. The van der Waals surface area contributed by atoms with Gasteiger partial charge in [-0.2, -0.15) is 0 Å². The van der Waals surface area contributed by atoms with Gasteiger partial charge in [-0.05, 0) is 30.2 Å². The minimum atomic E-state index is -0.584. The fourth-order valence-electron chi connectivity index (χ4n) is 3.37. The van der Waals surface area contributed by atoms with Crippen LogP contribution in [0, 0.1) is 11.6 Å². The Morgan fingerprint density at radius 3 is 2.29 bits per heavy atom. The minimum Gasteiger partial charge on any atom is -0.497 e. The summed E-state index contributed by atoms with van der Waals surface area (Å²) >= 11 is 0. The lowest BCUT2D eigenvalue weighted by atomic mass is 9.95. The summed E-state index contributed by atoms with van der Waals surface area (Å²) in [5.74, 6) is 0.655. The predicted octanol–water partition coefficient (Wildman–Crippen LogP) is 6.19. The van der Waals surface area contributed by atoms with E-state index in [9.17, 15) is 8.78 Å². The molecule has 0 aliphatic heterocycles. The molecule has 3 aromatic rings. The smallest absolute Gasteiger partial charge is 0.166 e. The molecule has 0 N–H and O–H groups in total. The first-order chi connectivity index (χ1) is 14.9. The summed E-state index contributed by atoms with van der Waals surface area (Å²) in [6.07, 6.45) is 0.709. The largest absolute Gasteiger partial charge is 0.497 e. The molecule has 0 amide bonds. The van der Waals surface area contributed by atoms with Crippen LogP contribution in [0.5, 0.6) is 17.2 Å². The summed E-state index contributed by atoms with van der Waals surface area (Å²) in [6, 6.07) is 17.3. The van der Waals surface area contributed by atoms with Gasteiger partial charge in [0.2, 0.25) is 0 Å². The van der Waals surface area contributed by atoms with Crippen LogP contribution in [0.4, 0.5) is 8.78 Å². The number of methoxy groups -OCH3 is 2. The second-order valence-electron chi connectivity index (χ2n) is 7.42. The Bertz CT molecular complexity index is 1030. The molecule has 0 saturated carbocycles. The van der Waals surface area contributed by atoms with E-state index >= 15 is 0 Å². The van der Waals surface area contributed by atoms with Crippen LogP contribution in [0.15, 0.2) is 60.7 Å². The van der Waals surface area contributed by atoms with Gasteiger partial charge in [-0.15, -0.1) is 0 Å². The highest BCUT2D eigenvalue weighted by molar-refractivity contribution is 7.48. The summed E-state index contributed by atoms with van der Waals surface area (Å²) in [6.45, 7) is 4.46. The first-order valence-corrected chi connectivity index (χ1v) is 11.1. The Balaban J connectivity index is 2.06. The van der Waals surface area contributed by atoms with Crippen LogP contribution in [-0.2, 0) is 11.8 Å².